The largest absolute Gasteiger partial charge is 0.493 e. The zero-order chi connectivity index (χ0) is 37.0. The molecule has 1 heterocycles. The molecule has 11 heteroatoms. The molecule has 8 nitrogen and oxygen atoms in total. The van der Waals surface area contributed by atoms with Gasteiger partial charge in [-0.05, 0) is 73.0 Å². The van der Waals surface area contributed by atoms with Crippen molar-refractivity contribution in [3.8, 4) is 11.5 Å². The summed E-state index contributed by atoms with van der Waals surface area (Å²) in [6.07, 6.45) is -1.10. The highest BCUT2D eigenvalue weighted by Crippen LogP contribution is 2.34. The van der Waals surface area contributed by atoms with Crippen molar-refractivity contribution in [2.24, 2.45) is 5.73 Å². The quantitative estimate of drug-likeness (QED) is 0.0524. The molecule has 5 N–H and O–H groups in total. The molecule has 4 aromatic rings. The SMILES string of the molecule is C[N+](CCCCN1CC(Nc2cccc(C(F)(F)F)c2)=C([C@H](N)c2ccc(N)cc2)C1=O)(CCCOc1ccccc1)CCCOc1ccccc1. The number of halogens is 3. The van der Waals surface area contributed by atoms with Crippen molar-refractivity contribution in [1.82, 2.24) is 4.90 Å². The highest BCUT2D eigenvalue weighted by molar-refractivity contribution is 5.99. The number of unbranched alkanes of at least 4 members (excludes halogenated alkanes) is 1. The van der Waals surface area contributed by atoms with Gasteiger partial charge in [0.1, 0.15) is 11.5 Å². The maximum Gasteiger partial charge on any atom is 0.416 e. The van der Waals surface area contributed by atoms with E-state index in [0.717, 1.165) is 73.4 Å². The number of nitrogens with two attached hydrogens (primary N) is 2. The Morgan fingerprint density at radius 2 is 1.37 bits per heavy atom. The van der Waals surface area contributed by atoms with E-state index in [-0.39, 0.29) is 18.1 Å². The Labute approximate surface area is 304 Å². The van der Waals surface area contributed by atoms with E-state index in [0.29, 0.717) is 42.3 Å². The van der Waals surface area contributed by atoms with Crippen LogP contribution in [-0.4, -0.2) is 68.3 Å². The third-order valence-electron chi connectivity index (χ3n) is 9.37. The van der Waals surface area contributed by atoms with E-state index < -0.39 is 17.8 Å². The van der Waals surface area contributed by atoms with Crippen molar-refractivity contribution < 1.29 is 31.9 Å². The van der Waals surface area contributed by atoms with Crippen LogP contribution in [-0.2, 0) is 11.0 Å². The van der Waals surface area contributed by atoms with Crippen molar-refractivity contribution in [2.45, 2.75) is 37.9 Å². The van der Waals surface area contributed by atoms with Gasteiger partial charge in [0.15, 0.2) is 0 Å². The van der Waals surface area contributed by atoms with E-state index in [4.69, 9.17) is 20.9 Å². The first-order chi connectivity index (χ1) is 25.0. The first-order valence-electron chi connectivity index (χ1n) is 17.8. The van der Waals surface area contributed by atoms with E-state index in [2.05, 4.69) is 12.4 Å². The first kappa shape index (κ1) is 38.2. The molecular weight excluding hydrogens is 667 g/mol. The van der Waals surface area contributed by atoms with Gasteiger partial charge in [0.05, 0.1) is 63.6 Å². The smallest absolute Gasteiger partial charge is 0.416 e. The van der Waals surface area contributed by atoms with Crippen LogP contribution in [0.15, 0.2) is 120 Å². The predicted octanol–water partition coefficient (Wildman–Crippen LogP) is 7.66. The summed E-state index contributed by atoms with van der Waals surface area (Å²) in [4.78, 5) is 15.6. The van der Waals surface area contributed by atoms with Gasteiger partial charge in [-0.15, -0.1) is 0 Å². The van der Waals surface area contributed by atoms with E-state index in [1.54, 1.807) is 35.2 Å². The molecule has 1 atom stereocenters. The van der Waals surface area contributed by atoms with Gasteiger partial charge >= 0.3 is 6.18 Å². The Hall–Kier alpha value is -5.00. The van der Waals surface area contributed by atoms with Crippen molar-refractivity contribution >= 4 is 17.3 Å². The van der Waals surface area contributed by atoms with Gasteiger partial charge in [0.25, 0.3) is 5.91 Å². The van der Waals surface area contributed by atoms with Crippen molar-refractivity contribution in [3.05, 3.63) is 132 Å². The molecule has 1 amide bonds. The van der Waals surface area contributed by atoms with Crippen LogP contribution in [0.4, 0.5) is 24.5 Å². The summed E-state index contributed by atoms with van der Waals surface area (Å²) in [5.41, 5.74) is 14.1. The van der Waals surface area contributed by atoms with E-state index >= 15 is 0 Å². The van der Waals surface area contributed by atoms with Crippen molar-refractivity contribution in [2.75, 3.05) is 64.0 Å². The minimum Gasteiger partial charge on any atom is -0.493 e. The molecule has 0 fully saturated rings. The summed E-state index contributed by atoms with van der Waals surface area (Å²) in [6, 6.07) is 30.7. The number of quaternary nitrogens is 1. The molecule has 0 spiro atoms. The highest BCUT2D eigenvalue weighted by Gasteiger charge is 2.35. The molecule has 1 aliphatic heterocycles. The highest BCUT2D eigenvalue weighted by atomic mass is 19.4. The third kappa shape index (κ3) is 11.0. The fraction of sp³-hybridized carbons (Fsp3) is 0.341. The zero-order valence-electron chi connectivity index (χ0n) is 29.7. The summed E-state index contributed by atoms with van der Waals surface area (Å²) in [5, 5.41) is 3.11. The monoisotopic (exact) mass is 716 g/mol. The van der Waals surface area contributed by atoms with Gasteiger partial charge < -0.3 is 35.6 Å². The lowest BCUT2D eigenvalue weighted by atomic mass is 9.98. The van der Waals surface area contributed by atoms with Gasteiger partial charge in [-0.1, -0.05) is 54.6 Å². The average molecular weight is 717 g/mol. The third-order valence-corrected chi connectivity index (χ3v) is 9.37. The van der Waals surface area contributed by atoms with Crippen LogP contribution in [0, 0.1) is 0 Å². The van der Waals surface area contributed by atoms with Gasteiger partial charge in [-0.25, -0.2) is 0 Å². The van der Waals surface area contributed by atoms with Crippen molar-refractivity contribution in [1.29, 1.82) is 0 Å². The summed E-state index contributed by atoms with van der Waals surface area (Å²) in [6.45, 7) is 4.68. The lowest BCUT2D eigenvalue weighted by Crippen LogP contribution is -2.47. The number of para-hydroxylation sites is 2. The molecule has 52 heavy (non-hydrogen) atoms. The predicted molar refractivity (Wildman–Crippen MR) is 200 cm³/mol. The topological polar surface area (TPSA) is 103 Å². The number of anilines is 2. The molecule has 5 rings (SSSR count). The minimum absolute atomic E-state index is 0.215. The van der Waals surface area contributed by atoms with E-state index in [1.165, 1.54) is 6.07 Å². The molecule has 276 valence electrons. The van der Waals surface area contributed by atoms with Gasteiger partial charge in [-0.2, -0.15) is 13.2 Å². The number of nitrogen functional groups attached to an aromatic ring is 1. The van der Waals surface area contributed by atoms with E-state index in [1.807, 2.05) is 60.7 Å². The standard InChI is InChI=1S/C41H48F3N5O3/c1-49(25-11-27-51-35-15-4-2-5-16-35,26-12-28-52-36-17-6-3-7-18-36)24-9-8-23-48-30-37(47-34-14-10-13-32(29-34)41(42,43)44)38(40(48)50)39(46)31-19-21-33(45)22-20-31/h2-7,10,13-22,29,39H,8-9,11-12,23-28,30,45-46H2,1H3/p+1/t39-/m1/s1. The molecular formula is C41H49F3N5O3+. The number of hydrogen-bond acceptors (Lipinski definition) is 6. The number of benzene rings is 4. The average Bonchev–Trinajstić information content (AvgIpc) is 3.45. The number of nitrogens with one attached hydrogen (secondary N) is 1. The molecule has 4 aromatic carbocycles. The normalized spacial score (nSPS) is 14.1. The van der Waals surface area contributed by atoms with Crippen molar-refractivity contribution in [3.63, 3.8) is 0 Å². The maximum atomic E-state index is 13.9. The van der Waals surface area contributed by atoms with Crippen LogP contribution in [0.2, 0.25) is 0 Å². The summed E-state index contributed by atoms with van der Waals surface area (Å²) >= 11 is 0. The van der Waals surface area contributed by atoms with E-state index in [9.17, 15) is 18.0 Å². The zero-order valence-corrected chi connectivity index (χ0v) is 29.7. The van der Waals surface area contributed by atoms with Gasteiger partial charge in [0.2, 0.25) is 0 Å². The van der Waals surface area contributed by atoms with Crippen LogP contribution >= 0.6 is 0 Å². The summed E-state index contributed by atoms with van der Waals surface area (Å²) in [5.74, 6) is 1.48. The van der Waals surface area contributed by atoms with Crippen LogP contribution in [0.5, 0.6) is 11.5 Å². The molecule has 0 saturated heterocycles. The second-order valence-electron chi connectivity index (χ2n) is 13.5. The number of ether oxygens (including phenoxy) is 2. The Kier molecular flexibility index (Phi) is 13.2. The number of hydrogen-bond donors (Lipinski definition) is 3. The molecule has 0 unspecified atom stereocenters. The lowest BCUT2D eigenvalue weighted by Gasteiger charge is -2.35. The molecule has 0 radical (unpaired) electrons. The Morgan fingerprint density at radius 3 is 1.94 bits per heavy atom. The first-order valence-corrected chi connectivity index (χ1v) is 17.8. The van der Waals surface area contributed by atoms with Gasteiger partial charge in [-0.3, -0.25) is 4.79 Å². The molecule has 0 aliphatic carbocycles. The summed E-state index contributed by atoms with van der Waals surface area (Å²) < 4.78 is 53.2. The Bertz CT molecular complexity index is 1700. The number of rotatable bonds is 19. The van der Waals surface area contributed by atoms with Crippen LogP contribution in [0.3, 0.4) is 0 Å². The van der Waals surface area contributed by atoms with Crippen LogP contribution in [0.25, 0.3) is 0 Å². The minimum atomic E-state index is -4.50. The second-order valence-corrected chi connectivity index (χ2v) is 13.5. The molecule has 0 bridgehead atoms. The fourth-order valence-corrected chi connectivity index (χ4v) is 6.51. The molecule has 0 aromatic heterocycles. The Morgan fingerprint density at radius 1 is 0.788 bits per heavy atom. The fourth-order valence-electron chi connectivity index (χ4n) is 6.51. The van der Waals surface area contributed by atoms with Crippen LogP contribution in [0.1, 0.15) is 42.9 Å². The molecule has 0 saturated carbocycles. The van der Waals surface area contributed by atoms with Crippen LogP contribution < -0.4 is 26.3 Å². The number of amides is 1. The summed E-state index contributed by atoms with van der Waals surface area (Å²) in [7, 11) is 2.26. The maximum absolute atomic E-state index is 13.9. The second kappa shape index (κ2) is 18.0. The number of carbonyl (C=O) groups is 1. The Balaban J connectivity index is 1.21. The number of nitrogens with zero attached hydrogens (tertiary/aromatic N) is 2. The number of carbonyl (C=O) groups excluding carboxylic acids is 1. The number of alkyl halides is 3. The van der Waals surface area contributed by atoms with Gasteiger partial charge in [0, 0.05) is 36.5 Å². The molecule has 1 aliphatic rings. The lowest BCUT2D eigenvalue weighted by molar-refractivity contribution is -0.910.